The number of pyridine rings is 1. The van der Waals surface area contributed by atoms with Gasteiger partial charge in [0.15, 0.2) is 5.82 Å². The third-order valence-corrected chi connectivity index (χ3v) is 9.73. The van der Waals surface area contributed by atoms with Crippen LogP contribution >= 0.6 is 0 Å². The van der Waals surface area contributed by atoms with Gasteiger partial charge in [-0.3, -0.25) is 4.98 Å². The molecule has 2 heterocycles. The summed E-state index contributed by atoms with van der Waals surface area (Å²) >= 11 is 0. The zero-order valence-electron chi connectivity index (χ0n) is 26.3. The van der Waals surface area contributed by atoms with Gasteiger partial charge in [-0.25, -0.2) is 9.97 Å². The number of hydrogen-bond acceptors (Lipinski definition) is 3. The number of rotatable bonds is 4. The Balaban J connectivity index is 1.29. The topological polar surface area (TPSA) is 38.7 Å². The van der Waals surface area contributed by atoms with Crippen molar-refractivity contribution in [3.63, 3.8) is 0 Å². The molecule has 2 aliphatic carbocycles. The van der Waals surface area contributed by atoms with Crippen LogP contribution in [0.2, 0.25) is 0 Å². The largest absolute Gasteiger partial charge is 0.256 e. The molecule has 0 N–H and O–H groups in total. The van der Waals surface area contributed by atoms with Gasteiger partial charge in [0.25, 0.3) is 0 Å². The summed E-state index contributed by atoms with van der Waals surface area (Å²) in [6, 6.07) is 38.8. The number of benzene rings is 5. The molecule has 0 bridgehead atoms. The average molecular weight is 604 g/mol. The fourth-order valence-corrected chi connectivity index (χ4v) is 7.42. The molecule has 3 heteroatoms. The summed E-state index contributed by atoms with van der Waals surface area (Å²) in [5.74, 6) is 1.24. The molecule has 0 saturated carbocycles. The lowest BCUT2D eigenvalue weighted by molar-refractivity contribution is 0.716. The molecular formula is C44H33N3. The van der Waals surface area contributed by atoms with Gasteiger partial charge < -0.3 is 0 Å². The van der Waals surface area contributed by atoms with Gasteiger partial charge in [-0.2, -0.15) is 0 Å². The lowest BCUT2D eigenvalue weighted by Crippen LogP contribution is -2.10. The number of fused-ring (bicyclic) bond motifs is 6. The second-order valence-corrected chi connectivity index (χ2v) is 12.8. The predicted octanol–water partition coefficient (Wildman–Crippen LogP) is 11.0. The zero-order chi connectivity index (χ0) is 31.3. The summed E-state index contributed by atoms with van der Waals surface area (Å²) in [6.45, 7) is 2.30. The highest BCUT2D eigenvalue weighted by Crippen LogP contribution is 2.41. The third-order valence-electron chi connectivity index (χ3n) is 9.73. The van der Waals surface area contributed by atoms with Crippen LogP contribution in [0.25, 0.3) is 78.9 Å². The van der Waals surface area contributed by atoms with Crippen LogP contribution in [0.15, 0.2) is 128 Å². The highest BCUT2D eigenvalue weighted by Gasteiger charge is 2.23. The monoisotopic (exact) mass is 603 g/mol. The van der Waals surface area contributed by atoms with Crippen molar-refractivity contribution in [2.24, 2.45) is 5.92 Å². The van der Waals surface area contributed by atoms with Crippen molar-refractivity contribution in [1.29, 1.82) is 0 Å². The molecule has 0 radical (unpaired) electrons. The van der Waals surface area contributed by atoms with Crippen LogP contribution in [0.3, 0.4) is 0 Å². The Bertz CT molecular complexity index is 2380. The number of nitrogens with zero attached hydrogens (tertiary/aromatic N) is 3. The summed E-state index contributed by atoms with van der Waals surface area (Å²) in [5, 5.41) is 4.89. The molecule has 0 spiro atoms. The standard InChI is InChI=1S/C44H33N3/c1-28-17-22-34-32(24-28)26-40(38-15-7-5-13-36(34)38)43-27-42(39-25-31-10-2-3-11-33(31)35-12-4-6-14-37(35)39)46-44(47-43)30-20-18-29(19-21-30)41-16-8-9-23-45-41/h2-6,8-14,16-23,25-28H,7,15,24H2,1H3. The van der Waals surface area contributed by atoms with Crippen molar-refractivity contribution < 1.29 is 0 Å². The Hall–Kier alpha value is -5.67. The molecule has 3 nitrogen and oxygen atoms in total. The molecule has 0 saturated heterocycles. The van der Waals surface area contributed by atoms with Gasteiger partial charge in [0.2, 0.25) is 0 Å². The molecule has 2 aliphatic rings. The molecule has 7 aromatic rings. The molecule has 1 unspecified atom stereocenters. The zero-order valence-corrected chi connectivity index (χ0v) is 26.3. The molecule has 1 atom stereocenters. The van der Waals surface area contributed by atoms with E-state index in [1.165, 1.54) is 49.4 Å². The van der Waals surface area contributed by atoms with Gasteiger partial charge in [0.1, 0.15) is 0 Å². The minimum absolute atomic E-state index is 0.513. The van der Waals surface area contributed by atoms with Crippen LogP contribution in [0.5, 0.6) is 0 Å². The smallest absolute Gasteiger partial charge is 0.160 e. The van der Waals surface area contributed by atoms with Crippen molar-refractivity contribution in [2.45, 2.75) is 26.2 Å². The highest BCUT2D eigenvalue weighted by molar-refractivity contribution is 6.13. The number of allylic oxidation sites excluding steroid dienone is 2. The Morgan fingerprint density at radius 3 is 2.19 bits per heavy atom. The Labute approximate surface area is 275 Å². The van der Waals surface area contributed by atoms with Gasteiger partial charge in [-0.15, -0.1) is 0 Å². The molecule has 0 amide bonds. The second-order valence-electron chi connectivity index (χ2n) is 12.8. The minimum atomic E-state index is 0.513. The molecule has 47 heavy (non-hydrogen) atoms. The SMILES string of the molecule is CC1C=Cc2c(cc(-c3cc(-c4cc5ccccc5c5ccccc45)nc(-c4ccc(-c5ccccn5)cc4)n3)c3c2C=CCC3)C1. The molecule has 0 fully saturated rings. The van der Waals surface area contributed by atoms with Gasteiger partial charge in [0.05, 0.1) is 17.1 Å². The van der Waals surface area contributed by atoms with Crippen LogP contribution in [-0.2, 0) is 12.8 Å². The van der Waals surface area contributed by atoms with E-state index in [1.54, 1.807) is 0 Å². The van der Waals surface area contributed by atoms with Crippen molar-refractivity contribution in [3.8, 4) is 45.2 Å². The van der Waals surface area contributed by atoms with E-state index in [2.05, 4.69) is 127 Å². The summed E-state index contributed by atoms with van der Waals surface area (Å²) < 4.78 is 0. The maximum atomic E-state index is 5.35. The lowest BCUT2D eigenvalue weighted by Gasteiger charge is -2.25. The highest BCUT2D eigenvalue weighted by atomic mass is 14.9. The average Bonchev–Trinajstić information content (AvgIpc) is 3.14. The molecule has 2 aromatic heterocycles. The molecule has 224 valence electrons. The van der Waals surface area contributed by atoms with Crippen LogP contribution in [-0.4, -0.2) is 15.0 Å². The van der Waals surface area contributed by atoms with E-state index < -0.39 is 0 Å². The van der Waals surface area contributed by atoms with Gasteiger partial charge in [-0.1, -0.05) is 110 Å². The van der Waals surface area contributed by atoms with E-state index in [4.69, 9.17) is 9.97 Å². The summed E-state index contributed by atoms with van der Waals surface area (Å²) in [4.78, 5) is 15.2. The van der Waals surface area contributed by atoms with Crippen LogP contribution in [0.1, 0.15) is 35.6 Å². The van der Waals surface area contributed by atoms with E-state index in [1.807, 2.05) is 24.4 Å². The quantitative estimate of drug-likeness (QED) is 0.188. The van der Waals surface area contributed by atoms with E-state index in [0.29, 0.717) is 5.92 Å². The first-order valence-electron chi connectivity index (χ1n) is 16.6. The number of aromatic nitrogens is 3. The molecule has 5 aromatic carbocycles. The van der Waals surface area contributed by atoms with Crippen LogP contribution < -0.4 is 0 Å². The fraction of sp³-hybridized carbons (Fsp3) is 0.114. The van der Waals surface area contributed by atoms with Crippen LogP contribution in [0.4, 0.5) is 0 Å². The predicted molar refractivity (Wildman–Crippen MR) is 196 cm³/mol. The maximum Gasteiger partial charge on any atom is 0.160 e. The normalized spacial score (nSPS) is 15.1. The Morgan fingerprint density at radius 1 is 0.617 bits per heavy atom. The van der Waals surface area contributed by atoms with E-state index in [0.717, 1.165) is 58.9 Å². The van der Waals surface area contributed by atoms with E-state index in [-0.39, 0.29) is 0 Å². The van der Waals surface area contributed by atoms with E-state index >= 15 is 0 Å². The summed E-state index contributed by atoms with van der Waals surface area (Å²) in [7, 11) is 0. The van der Waals surface area contributed by atoms with E-state index in [9.17, 15) is 0 Å². The first-order valence-corrected chi connectivity index (χ1v) is 16.6. The number of hydrogen-bond donors (Lipinski definition) is 0. The van der Waals surface area contributed by atoms with Crippen LogP contribution in [0, 0.1) is 5.92 Å². The molecular weight excluding hydrogens is 571 g/mol. The van der Waals surface area contributed by atoms with Crippen molar-refractivity contribution in [1.82, 2.24) is 15.0 Å². The summed E-state index contributed by atoms with van der Waals surface area (Å²) in [5.41, 5.74) is 12.8. The van der Waals surface area contributed by atoms with Gasteiger partial charge in [0, 0.05) is 28.5 Å². The lowest BCUT2D eigenvalue weighted by atomic mass is 9.80. The maximum absolute atomic E-state index is 5.35. The Morgan fingerprint density at radius 2 is 1.36 bits per heavy atom. The third kappa shape index (κ3) is 4.87. The van der Waals surface area contributed by atoms with Crippen molar-refractivity contribution in [2.75, 3.05) is 0 Å². The molecule has 0 aliphatic heterocycles. The van der Waals surface area contributed by atoms with Gasteiger partial charge in [-0.05, 0) is 99.3 Å². The van der Waals surface area contributed by atoms with Crippen molar-refractivity contribution >= 4 is 33.7 Å². The second kappa shape index (κ2) is 11.3. The summed E-state index contributed by atoms with van der Waals surface area (Å²) in [6.07, 6.45) is 14.2. The van der Waals surface area contributed by atoms with Gasteiger partial charge >= 0.3 is 0 Å². The minimum Gasteiger partial charge on any atom is -0.256 e. The first-order chi connectivity index (χ1) is 23.2. The van der Waals surface area contributed by atoms with Crippen molar-refractivity contribution in [3.05, 3.63) is 150 Å². The first kappa shape index (κ1) is 27.6. The Kier molecular flexibility index (Phi) is 6.64. The molecule has 9 rings (SSSR count). The fourth-order valence-electron chi connectivity index (χ4n) is 7.42.